The first-order valence-electron chi connectivity index (χ1n) is 9.17. The van der Waals surface area contributed by atoms with Crippen molar-refractivity contribution in [2.45, 2.75) is 13.3 Å². The van der Waals surface area contributed by atoms with Crippen molar-refractivity contribution in [2.75, 3.05) is 5.32 Å². The number of halogens is 3. The molecular formula is C21H16Cl2FN5O2. The summed E-state index contributed by atoms with van der Waals surface area (Å²) in [6.07, 6.45) is 3.33. The van der Waals surface area contributed by atoms with E-state index in [9.17, 15) is 9.18 Å². The van der Waals surface area contributed by atoms with Gasteiger partial charge in [-0.3, -0.25) is 9.48 Å². The maximum Gasteiger partial charge on any atom is 0.277 e. The van der Waals surface area contributed by atoms with Gasteiger partial charge in [0.2, 0.25) is 0 Å². The number of rotatable bonds is 7. The second-order valence-corrected chi connectivity index (χ2v) is 7.40. The fourth-order valence-electron chi connectivity index (χ4n) is 2.75. The van der Waals surface area contributed by atoms with Gasteiger partial charge in [0.05, 0.1) is 6.54 Å². The minimum atomic E-state index is -0.407. The Morgan fingerprint density at radius 2 is 1.77 bits per heavy atom. The van der Waals surface area contributed by atoms with Crippen LogP contribution in [0.2, 0.25) is 10.0 Å². The molecule has 158 valence electrons. The normalized spacial score (nSPS) is 10.8. The SMILES string of the molecule is O=C(Nc1ccn(Cc2ccc(F)cc2Cl)n1)c1ccn(COc2ccc(Cl)cc2)n1. The van der Waals surface area contributed by atoms with Crippen LogP contribution < -0.4 is 10.1 Å². The van der Waals surface area contributed by atoms with Gasteiger partial charge < -0.3 is 10.1 Å². The number of nitrogens with zero attached hydrogens (tertiary/aromatic N) is 4. The molecule has 2 aromatic carbocycles. The van der Waals surface area contributed by atoms with Crippen LogP contribution in [0.1, 0.15) is 16.1 Å². The average Bonchev–Trinajstić information content (AvgIpc) is 3.39. The summed E-state index contributed by atoms with van der Waals surface area (Å²) < 4.78 is 21.9. The number of hydrogen-bond donors (Lipinski definition) is 1. The summed E-state index contributed by atoms with van der Waals surface area (Å²) >= 11 is 11.9. The molecule has 0 radical (unpaired) electrons. The molecule has 4 rings (SSSR count). The Balaban J connectivity index is 1.34. The molecule has 0 saturated carbocycles. The maximum atomic E-state index is 13.2. The van der Waals surface area contributed by atoms with Crippen LogP contribution in [0, 0.1) is 5.82 Å². The van der Waals surface area contributed by atoms with Crippen molar-refractivity contribution in [3.63, 3.8) is 0 Å². The summed E-state index contributed by atoms with van der Waals surface area (Å²) in [6, 6.07) is 14.3. The Bertz CT molecular complexity index is 1210. The van der Waals surface area contributed by atoms with E-state index in [-0.39, 0.29) is 12.4 Å². The molecule has 4 aromatic rings. The molecule has 1 amide bonds. The first-order valence-corrected chi connectivity index (χ1v) is 9.92. The summed E-state index contributed by atoms with van der Waals surface area (Å²) in [5, 5.41) is 12.1. The Kier molecular flexibility index (Phi) is 6.20. The number of carbonyl (C=O) groups is 1. The summed E-state index contributed by atoms with van der Waals surface area (Å²) in [4.78, 5) is 12.4. The fourth-order valence-corrected chi connectivity index (χ4v) is 3.10. The molecular weight excluding hydrogens is 444 g/mol. The third-order valence-corrected chi connectivity index (χ3v) is 4.88. The van der Waals surface area contributed by atoms with Crippen LogP contribution in [0.3, 0.4) is 0 Å². The van der Waals surface area contributed by atoms with E-state index < -0.39 is 11.7 Å². The Labute approximate surface area is 187 Å². The molecule has 1 N–H and O–H groups in total. The van der Waals surface area contributed by atoms with Gasteiger partial charge in [0.25, 0.3) is 5.91 Å². The van der Waals surface area contributed by atoms with Gasteiger partial charge in [-0.25, -0.2) is 9.07 Å². The van der Waals surface area contributed by atoms with Crippen molar-refractivity contribution >= 4 is 34.9 Å². The van der Waals surface area contributed by atoms with Gasteiger partial charge >= 0.3 is 0 Å². The molecule has 0 unspecified atom stereocenters. The van der Waals surface area contributed by atoms with Crippen molar-refractivity contribution in [1.82, 2.24) is 19.6 Å². The smallest absolute Gasteiger partial charge is 0.277 e. The number of carbonyl (C=O) groups excluding carboxylic acids is 1. The quantitative estimate of drug-likeness (QED) is 0.428. The van der Waals surface area contributed by atoms with Gasteiger partial charge in [-0.1, -0.05) is 29.3 Å². The van der Waals surface area contributed by atoms with E-state index in [0.717, 1.165) is 0 Å². The number of nitrogens with one attached hydrogen (secondary N) is 1. The van der Waals surface area contributed by atoms with Gasteiger partial charge in [-0.05, 0) is 48.0 Å². The fraction of sp³-hybridized carbons (Fsp3) is 0.0952. The van der Waals surface area contributed by atoms with Gasteiger partial charge in [-0.15, -0.1) is 0 Å². The third-order valence-electron chi connectivity index (χ3n) is 4.28. The van der Waals surface area contributed by atoms with Crippen LogP contribution in [0.15, 0.2) is 67.0 Å². The Hall–Kier alpha value is -3.36. The molecule has 0 fully saturated rings. The number of benzene rings is 2. The average molecular weight is 460 g/mol. The highest BCUT2D eigenvalue weighted by Crippen LogP contribution is 2.19. The van der Waals surface area contributed by atoms with Gasteiger partial charge in [0.1, 0.15) is 11.6 Å². The molecule has 31 heavy (non-hydrogen) atoms. The van der Waals surface area contributed by atoms with Crippen LogP contribution >= 0.6 is 23.2 Å². The highest BCUT2D eigenvalue weighted by atomic mass is 35.5. The molecule has 2 aromatic heterocycles. The van der Waals surface area contributed by atoms with Crippen LogP contribution in [0.25, 0.3) is 0 Å². The van der Waals surface area contributed by atoms with Crippen LogP contribution in [0.5, 0.6) is 5.75 Å². The van der Waals surface area contributed by atoms with E-state index in [2.05, 4.69) is 15.5 Å². The first kappa shape index (κ1) is 20.9. The van der Waals surface area contributed by atoms with Gasteiger partial charge in [0, 0.05) is 28.5 Å². The van der Waals surface area contributed by atoms with E-state index in [0.29, 0.717) is 33.7 Å². The van der Waals surface area contributed by atoms with Crippen LogP contribution in [-0.4, -0.2) is 25.5 Å². The Morgan fingerprint density at radius 1 is 1.00 bits per heavy atom. The first-order chi connectivity index (χ1) is 15.0. The second-order valence-electron chi connectivity index (χ2n) is 6.56. The topological polar surface area (TPSA) is 74.0 Å². The second kappa shape index (κ2) is 9.20. The van der Waals surface area contributed by atoms with Crippen molar-refractivity contribution < 1.29 is 13.9 Å². The zero-order chi connectivity index (χ0) is 21.8. The monoisotopic (exact) mass is 459 g/mol. The van der Waals surface area contributed by atoms with Crippen molar-refractivity contribution in [2.24, 2.45) is 0 Å². The van der Waals surface area contributed by atoms with Gasteiger partial charge in [-0.2, -0.15) is 10.2 Å². The van der Waals surface area contributed by atoms with E-state index in [4.69, 9.17) is 27.9 Å². The van der Waals surface area contributed by atoms with Crippen LogP contribution in [-0.2, 0) is 13.3 Å². The summed E-state index contributed by atoms with van der Waals surface area (Å²) in [5.41, 5.74) is 0.930. The lowest BCUT2D eigenvalue weighted by atomic mass is 10.2. The van der Waals surface area contributed by atoms with Crippen molar-refractivity contribution in [1.29, 1.82) is 0 Å². The highest BCUT2D eigenvalue weighted by molar-refractivity contribution is 6.31. The molecule has 2 heterocycles. The summed E-state index contributed by atoms with van der Waals surface area (Å²) in [5.74, 6) is 0.184. The maximum absolute atomic E-state index is 13.2. The number of anilines is 1. The van der Waals surface area contributed by atoms with E-state index in [1.165, 1.54) is 16.8 Å². The molecule has 0 atom stereocenters. The standard InChI is InChI=1S/C21H16Cl2FN5O2/c22-15-2-5-17(6-3-15)31-13-29-9-7-19(26-29)21(30)25-20-8-10-28(27-20)12-14-1-4-16(24)11-18(14)23/h1-11H,12-13H2,(H,25,27,30). The predicted octanol–water partition coefficient (Wildman–Crippen LogP) is 4.86. The number of amides is 1. The molecule has 7 nitrogen and oxygen atoms in total. The number of hydrogen-bond acceptors (Lipinski definition) is 4. The number of ether oxygens (including phenoxy) is 1. The highest BCUT2D eigenvalue weighted by Gasteiger charge is 2.12. The Morgan fingerprint density at radius 3 is 2.55 bits per heavy atom. The zero-order valence-corrected chi connectivity index (χ0v) is 17.5. The van der Waals surface area contributed by atoms with Crippen molar-refractivity contribution in [3.05, 3.63) is 94.1 Å². The summed E-state index contributed by atoms with van der Waals surface area (Å²) in [6.45, 7) is 0.480. The van der Waals surface area contributed by atoms with E-state index in [1.807, 2.05) is 0 Å². The third kappa shape index (κ3) is 5.42. The predicted molar refractivity (Wildman–Crippen MR) is 115 cm³/mol. The van der Waals surface area contributed by atoms with Crippen LogP contribution in [0.4, 0.5) is 10.2 Å². The molecule has 0 spiro atoms. The minimum Gasteiger partial charge on any atom is -0.471 e. The summed E-state index contributed by atoms with van der Waals surface area (Å²) in [7, 11) is 0. The van der Waals surface area contributed by atoms with E-state index in [1.54, 1.807) is 59.5 Å². The van der Waals surface area contributed by atoms with Crippen molar-refractivity contribution in [3.8, 4) is 5.75 Å². The molecule has 0 saturated heterocycles. The lowest BCUT2D eigenvalue weighted by Crippen LogP contribution is -2.15. The number of aromatic nitrogens is 4. The zero-order valence-electron chi connectivity index (χ0n) is 16.0. The van der Waals surface area contributed by atoms with E-state index >= 15 is 0 Å². The molecule has 0 aliphatic carbocycles. The lowest BCUT2D eigenvalue weighted by Gasteiger charge is -2.06. The lowest BCUT2D eigenvalue weighted by molar-refractivity contribution is 0.101. The minimum absolute atomic E-state index is 0.141. The molecule has 0 aliphatic rings. The largest absolute Gasteiger partial charge is 0.471 e. The molecule has 10 heteroatoms. The molecule has 0 aliphatic heterocycles. The molecule has 0 bridgehead atoms. The van der Waals surface area contributed by atoms with Gasteiger partial charge in [0.15, 0.2) is 18.2 Å².